The van der Waals surface area contributed by atoms with Gasteiger partial charge in [0, 0.05) is 17.4 Å². The van der Waals surface area contributed by atoms with Gasteiger partial charge in [-0.1, -0.05) is 23.8 Å². The minimum absolute atomic E-state index is 0.00721. The van der Waals surface area contributed by atoms with Gasteiger partial charge in [-0.05, 0) is 31.5 Å². The zero-order valence-corrected chi connectivity index (χ0v) is 13.5. The zero-order chi connectivity index (χ0) is 14.5. The van der Waals surface area contributed by atoms with Gasteiger partial charge in [0.1, 0.15) is 5.75 Å². The van der Waals surface area contributed by atoms with Crippen molar-refractivity contribution in [1.29, 1.82) is 0 Å². The highest BCUT2D eigenvalue weighted by Crippen LogP contribution is 2.28. The van der Waals surface area contributed by atoms with Crippen LogP contribution in [0, 0.1) is 6.92 Å². The summed E-state index contributed by atoms with van der Waals surface area (Å²) < 4.78 is 18.7. The van der Waals surface area contributed by atoms with Crippen molar-refractivity contribution in [2.24, 2.45) is 0 Å². The molecule has 108 valence electrons. The van der Waals surface area contributed by atoms with E-state index in [0.717, 1.165) is 15.5 Å². The molecule has 1 N–H and O–H groups in total. The average molecular weight is 309 g/mol. The van der Waals surface area contributed by atoms with Crippen molar-refractivity contribution in [3.05, 3.63) is 46.8 Å². The van der Waals surface area contributed by atoms with Gasteiger partial charge in [0.25, 0.3) is 0 Å². The second kappa shape index (κ2) is 7.02. The highest BCUT2D eigenvalue weighted by Gasteiger charge is 2.18. The molecule has 2 atom stereocenters. The first-order valence-electron chi connectivity index (χ1n) is 6.39. The minimum Gasteiger partial charge on any atom is -0.496 e. The number of hydrogen-bond donors (Lipinski definition) is 1. The van der Waals surface area contributed by atoms with Gasteiger partial charge in [0.2, 0.25) is 0 Å². The van der Waals surface area contributed by atoms with E-state index in [0.29, 0.717) is 5.75 Å². The lowest BCUT2D eigenvalue weighted by Crippen LogP contribution is -2.23. The van der Waals surface area contributed by atoms with Crippen molar-refractivity contribution in [2.75, 3.05) is 19.9 Å². The summed E-state index contributed by atoms with van der Waals surface area (Å²) in [5.74, 6) is 1.37. The van der Waals surface area contributed by atoms with Crippen LogP contribution in [0.25, 0.3) is 0 Å². The van der Waals surface area contributed by atoms with E-state index in [1.54, 1.807) is 7.11 Å². The van der Waals surface area contributed by atoms with Crippen molar-refractivity contribution in [3.63, 3.8) is 0 Å². The Hall–Kier alpha value is -1.17. The highest BCUT2D eigenvalue weighted by molar-refractivity contribution is 7.87. The quantitative estimate of drug-likeness (QED) is 0.891. The third-order valence-electron chi connectivity index (χ3n) is 3.15. The summed E-state index contributed by atoms with van der Waals surface area (Å²) in [5, 5.41) is 5.20. The fourth-order valence-electron chi connectivity index (χ4n) is 2.08. The van der Waals surface area contributed by atoms with Crippen molar-refractivity contribution in [1.82, 2.24) is 5.32 Å². The van der Waals surface area contributed by atoms with Crippen LogP contribution in [0.4, 0.5) is 0 Å². The minimum atomic E-state index is -0.999. The Bertz CT molecular complexity index is 582. The van der Waals surface area contributed by atoms with E-state index in [9.17, 15) is 4.21 Å². The van der Waals surface area contributed by atoms with Crippen molar-refractivity contribution in [3.8, 4) is 5.75 Å². The molecule has 2 aromatic rings. The lowest BCUT2D eigenvalue weighted by Gasteiger charge is -2.19. The zero-order valence-electron chi connectivity index (χ0n) is 11.9. The lowest BCUT2D eigenvalue weighted by atomic mass is 10.0. The summed E-state index contributed by atoms with van der Waals surface area (Å²) in [6.45, 7) is 2.05. The van der Waals surface area contributed by atoms with E-state index in [1.165, 1.54) is 16.9 Å². The Labute approximate surface area is 126 Å². The molecular formula is C15H19NO2S2. The molecule has 0 saturated carbocycles. The molecule has 2 unspecified atom stereocenters. The Morgan fingerprint density at radius 2 is 2.20 bits per heavy atom. The maximum atomic E-state index is 12.4. The molecule has 0 aliphatic rings. The lowest BCUT2D eigenvalue weighted by molar-refractivity contribution is 0.404. The monoisotopic (exact) mass is 309 g/mol. The van der Waals surface area contributed by atoms with Crippen LogP contribution in [-0.2, 0) is 10.8 Å². The van der Waals surface area contributed by atoms with Crippen LogP contribution >= 0.6 is 11.3 Å². The molecule has 5 heteroatoms. The number of hydrogen-bond acceptors (Lipinski definition) is 4. The molecule has 0 radical (unpaired) electrons. The van der Waals surface area contributed by atoms with Gasteiger partial charge in [-0.3, -0.25) is 4.21 Å². The SMILES string of the molecule is CNC(CS(=O)c1cccs1)c1cc(C)ccc1OC. The third kappa shape index (κ3) is 3.48. The number of methoxy groups -OCH3 is 1. The molecule has 3 nitrogen and oxygen atoms in total. The smallest absolute Gasteiger partial charge is 0.123 e. The first-order valence-corrected chi connectivity index (χ1v) is 8.59. The average Bonchev–Trinajstić information content (AvgIpc) is 2.98. The summed E-state index contributed by atoms with van der Waals surface area (Å²) in [6, 6.07) is 9.92. The second-order valence-electron chi connectivity index (χ2n) is 4.53. The predicted octanol–water partition coefficient (Wildman–Crippen LogP) is 3.13. The molecule has 1 heterocycles. The third-order valence-corrected chi connectivity index (χ3v) is 5.88. The molecule has 0 amide bonds. The summed E-state index contributed by atoms with van der Waals surface area (Å²) in [6.07, 6.45) is 0. The summed E-state index contributed by atoms with van der Waals surface area (Å²) in [5.41, 5.74) is 2.22. The van der Waals surface area contributed by atoms with Crippen LogP contribution in [0.1, 0.15) is 17.2 Å². The van der Waals surface area contributed by atoms with E-state index in [4.69, 9.17) is 4.74 Å². The van der Waals surface area contributed by atoms with E-state index in [1.807, 2.05) is 43.6 Å². The maximum absolute atomic E-state index is 12.4. The number of thiophene rings is 1. The highest BCUT2D eigenvalue weighted by atomic mass is 32.2. The molecule has 0 aliphatic heterocycles. The van der Waals surface area contributed by atoms with Crippen molar-refractivity contribution >= 4 is 22.1 Å². The first-order chi connectivity index (χ1) is 9.65. The molecule has 1 aromatic heterocycles. The number of benzene rings is 1. The summed E-state index contributed by atoms with van der Waals surface area (Å²) in [4.78, 5) is 0. The second-order valence-corrected chi connectivity index (χ2v) is 7.20. The molecule has 0 spiro atoms. The van der Waals surface area contributed by atoms with Crippen LogP contribution in [0.2, 0.25) is 0 Å². The van der Waals surface area contributed by atoms with Crippen molar-refractivity contribution < 1.29 is 8.95 Å². The molecule has 0 aliphatic carbocycles. The van der Waals surface area contributed by atoms with E-state index >= 15 is 0 Å². The van der Waals surface area contributed by atoms with Crippen LogP contribution in [0.15, 0.2) is 39.9 Å². The number of aryl methyl sites for hydroxylation is 1. The van der Waals surface area contributed by atoms with Crippen LogP contribution in [-0.4, -0.2) is 24.1 Å². The molecule has 0 bridgehead atoms. The molecule has 1 aromatic carbocycles. The normalized spacial score (nSPS) is 13.9. The van der Waals surface area contributed by atoms with Gasteiger partial charge >= 0.3 is 0 Å². The van der Waals surface area contributed by atoms with Crippen LogP contribution in [0.3, 0.4) is 0 Å². The van der Waals surface area contributed by atoms with E-state index in [2.05, 4.69) is 11.4 Å². The molecule has 2 rings (SSSR count). The van der Waals surface area contributed by atoms with Crippen LogP contribution < -0.4 is 10.1 Å². The fraction of sp³-hybridized carbons (Fsp3) is 0.333. The van der Waals surface area contributed by atoms with E-state index < -0.39 is 10.8 Å². The summed E-state index contributed by atoms with van der Waals surface area (Å²) in [7, 11) is 2.55. The number of ether oxygens (including phenoxy) is 1. The summed E-state index contributed by atoms with van der Waals surface area (Å²) >= 11 is 1.53. The molecule has 20 heavy (non-hydrogen) atoms. The van der Waals surface area contributed by atoms with Crippen molar-refractivity contribution in [2.45, 2.75) is 17.2 Å². The standard InChI is InChI=1S/C15H19NO2S2/c1-11-6-7-14(18-3)12(9-11)13(16-2)10-20(17)15-5-4-8-19-15/h4-9,13,16H,10H2,1-3H3. The first kappa shape index (κ1) is 15.2. The molecular weight excluding hydrogens is 290 g/mol. The van der Waals surface area contributed by atoms with Gasteiger partial charge in [-0.2, -0.15) is 0 Å². The van der Waals surface area contributed by atoms with Gasteiger partial charge in [0.05, 0.1) is 22.1 Å². The molecule has 0 saturated heterocycles. The van der Waals surface area contributed by atoms with Gasteiger partial charge in [0.15, 0.2) is 0 Å². The van der Waals surface area contributed by atoms with Gasteiger partial charge in [-0.25, -0.2) is 0 Å². The topological polar surface area (TPSA) is 38.3 Å². The molecule has 0 fully saturated rings. The fourth-order valence-corrected chi connectivity index (χ4v) is 4.37. The maximum Gasteiger partial charge on any atom is 0.123 e. The van der Waals surface area contributed by atoms with Gasteiger partial charge < -0.3 is 10.1 Å². The Balaban J connectivity index is 2.24. The Morgan fingerprint density at radius 1 is 1.40 bits per heavy atom. The largest absolute Gasteiger partial charge is 0.496 e. The Morgan fingerprint density at radius 3 is 2.80 bits per heavy atom. The van der Waals surface area contributed by atoms with Gasteiger partial charge in [-0.15, -0.1) is 11.3 Å². The number of nitrogens with one attached hydrogen (secondary N) is 1. The van der Waals surface area contributed by atoms with E-state index in [-0.39, 0.29) is 6.04 Å². The van der Waals surface area contributed by atoms with Crippen LogP contribution in [0.5, 0.6) is 5.75 Å². The number of rotatable bonds is 6. The predicted molar refractivity (Wildman–Crippen MR) is 85.1 cm³/mol. The Kier molecular flexibility index (Phi) is 5.34.